The van der Waals surface area contributed by atoms with Gasteiger partial charge in [-0.3, -0.25) is 0 Å². The number of hydrogen-bond donors (Lipinski definition) is 1. The lowest BCUT2D eigenvalue weighted by molar-refractivity contribution is 0.385. The van der Waals surface area contributed by atoms with E-state index in [1.807, 2.05) is 6.07 Å². The highest BCUT2D eigenvalue weighted by Crippen LogP contribution is 2.24. The Morgan fingerprint density at radius 3 is 2.43 bits per heavy atom. The van der Waals surface area contributed by atoms with E-state index in [4.69, 9.17) is 4.74 Å². The van der Waals surface area contributed by atoms with Gasteiger partial charge in [0.05, 0.1) is 7.11 Å². The zero-order valence-electron chi connectivity index (χ0n) is 12.8. The van der Waals surface area contributed by atoms with E-state index in [9.17, 15) is 4.39 Å². The number of hydrogen-bond acceptors (Lipinski definition) is 2. The van der Waals surface area contributed by atoms with E-state index < -0.39 is 0 Å². The topological polar surface area (TPSA) is 21.3 Å². The molecule has 1 N–H and O–H groups in total. The molecule has 2 rings (SSSR count). The van der Waals surface area contributed by atoms with E-state index in [0.717, 1.165) is 18.5 Å². The largest absolute Gasteiger partial charge is 0.494 e. The number of likely N-dealkylation sites (N-methyl/N-ethyl adjacent to an activating group) is 1. The molecule has 0 bridgehead atoms. The van der Waals surface area contributed by atoms with Crippen LogP contribution in [0.3, 0.4) is 0 Å². The Hall–Kier alpha value is -1.87. The number of methoxy groups -OCH3 is 1. The van der Waals surface area contributed by atoms with E-state index in [2.05, 4.69) is 43.4 Å². The highest BCUT2D eigenvalue weighted by atomic mass is 19.1. The average Bonchev–Trinajstić information content (AvgIpc) is 2.49. The summed E-state index contributed by atoms with van der Waals surface area (Å²) in [5.74, 6) is -0.0360. The minimum absolute atomic E-state index is 0.0955. The molecule has 0 heterocycles. The first kappa shape index (κ1) is 15.5. The first-order valence-corrected chi connectivity index (χ1v) is 7.26. The SMILES string of the molecule is CCNC(Cc1ccc(C)cc1)c1ccc(OC)c(F)c1. The molecule has 0 aliphatic rings. The normalized spacial score (nSPS) is 12.2. The molecule has 0 fully saturated rings. The predicted octanol–water partition coefficient (Wildman–Crippen LogP) is 4.04. The molecule has 2 aromatic rings. The first-order valence-electron chi connectivity index (χ1n) is 7.26. The predicted molar refractivity (Wildman–Crippen MR) is 84.3 cm³/mol. The van der Waals surface area contributed by atoms with Gasteiger partial charge in [0.2, 0.25) is 0 Å². The molecule has 112 valence electrons. The number of aryl methyl sites for hydroxylation is 1. The second kappa shape index (κ2) is 7.23. The Morgan fingerprint density at radius 2 is 1.86 bits per heavy atom. The molecule has 1 atom stereocenters. The molecule has 0 spiro atoms. The monoisotopic (exact) mass is 287 g/mol. The summed E-state index contributed by atoms with van der Waals surface area (Å²) in [6.45, 7) is 4.97. The molecular weight excluding hydrogens is 265 g/mol. The second-order valence-corrected chi connectivity index (χ2v) is 5.19. The molecule has 0 radical (unpaired) electrons. The standard InChI is InChI=1S/C18H22FNO/c1-4-20-17(11-14-7-5-13(2)6-8-14)15-9-10-18(21-3)16(19)12-15/h5-10,12,17,20H,4,11H2,1-3H3. The van der Waals surface area contributed by atoms with Gasteiger partial charge in [-0.1, -0.05) is 42.8 Å². The molecule has 2 nitrogen and oxygen atoms in total. The van der Waals surface area contributed by atoms with Gasteiger partial charge >= 0.3 is 0 Å². The molecular formula is C18H22FNO. The maximum absolute atomic E-state index is 13.9. The first-order chi connectivity index (χ1) is 10.1. The molecule has 0 aliphatic heterocycles. The highest BCUT2D eigenvalue weighted by molar-refractivity contribution is 5.32. The molecule has 21 heavy (non-hydrogen) atoms. The van der Waals surface area contributed by atoms with Crippen LogP contribution < -0.4 is 10.1 Å². The Morgan fingerprint density at radius 1 is 1.14 bits per heavy atom. The second-order valence-electron chi connectivity index (χ2n) is 5.19. The van der Waals surface area contributed by atoms with Crippen molar-refractivity contribution < 1.29 is 9.13 Å². The number of rotatable bonds is 6. The number of benzene rings is 2. The summed E-state index contributed by atoms with van der Waals surface area (Å²) in [6.07, 6.45) is 0.833. The van der Waals surface area contributed by atoms with Crippen molar-refractivity contribution in [2.45, 2.75) is 26.3 Å². The Kier molecular flexibility index (Phi) is 5.34. The zero-order chi connectivity index (χ0) is 15.2. The van der Waals surface area contributed by atoms with Gasteiger partial charge in [-0.15, -0.1) is 0 Å². The fourth-order valence-electron chi connectivity index (χ4n) is 2.41. The summed E-state index contributed by atoms with van der Waals surface area (Å²) in [5.41, 5.74) is 3.42. The molecule has 0 saturated heterocycles. The van der Waals surface area contributed by atoms with Gasteiger partial charge in [0, 0.05) is 6.04 Å². The Balaban J connectivity index is 2.21. The summed E-state index contributed by atoms with van der Waals surface area (Å²) in [7, 11) is 1.48. The minimum atomic E-state index is -0.318. The molecule has 3 heteroatoms. The highest BCUT2D eigenvalue weighted by Gasteiger charge is 2.13. The maximum atomic E-state index is 13.9. The summed E-state index contributed by atoms with van der Waals surface area (Å²) < 4.78 is 18.9. The van der Waals surface area contributed by atoms with E-state index in [1.165, 1.54) is 18.2 Å². The number of halogens is 1. The van der Waals surface area contributed by atoms with Crippen LogP contribution in [0, 0.1) is 12.7 Å². The van der Waals surface area contributed by atoms with Crippen molar-refractivity contribution in [3.63, 3.8) is 0 Å². The van der Waals surface area contributed by atoms with Crippen LogP contribution in [-0.2, 0) is 6.42 Å². The van der Waals surface area contributed by atoms with Crippen LogP contribution in [0.2, 0.25) is 0 Å². The van der Waals surface area contributed by atoms with Crippen LogP contribution in [-0.4, -0.2) is 13.7 Å². The van der Waals surface area contributed by atoms with E-state index in [-0.39, 0.29) is 17.6 Å². The van der Waals surface area contributed by atoms with Crippen LogP contribution in [0.5, 0.6) is 5.75 Å². The van der Waals surface area contributed by atoms with Crippen molar-refractivity contribution in [3.05, 3.63) is 65.0 Å². The van der Waals surface area contributed by atoms with Crippen LogP contribution >= 0.6 is 0 Å². The summed E-state index contributed by atoms with van der Waals surface area (Å²) in [5, 5.41) is 3.42. The smallest absolute Gasteiger partial charge is 0.165 e. The molecule has 0 amide bonds. The van der Waals surface area contributed by atoms with E-state index in [1.54, 1.807) is 12.1 Å². The van der Waals surface area contributed by atoms with Crippen molar-refractivity contribution in [2.24, 2.45) is 0 Å². The molecule has 0 aliphatic carbocycles. The Bertz CT molecular complexity index is 580. The van der Waals surface area contributed by atoms with Crippen molar-refractivity contribution in [1.29, 1.82) is 0 Å². The van der Waals surface area contributed by atoms with E-state index >= 15 is 0 Å². The average molecular weight is 287 g/mol. The lowest BCUT2D eigenvalue weighted by atomic mass is 9.98. The summed E-state index contributed by atoms with van der Waals surface area (Å²) in [4.78, 5) is 0. The van der Waals surface area contributed by atoms with Crippen LogP contribution in [0.25, 0.3) is 0 Å². The maximum Gasteiger partial charge on any atom is 0.165 e. The fraction of sp³-hybridized carbons (Fsp3) is 0.333. The van der Waals surface area contributed by atoms with Gasteiger partial charge < -0.3 is 10.1 Å². The van der Waals surface area contributed by atoms with Gasteiger partial charge in [-0.2, -0.15) is 0 Å². The molecule has 1 unspecified atom stereocenters. The quantitative estimate of drug-likeness (QED) is 0.866. The van der Waals surface area contributed by atoms with Crippen molar-refractivity contribution in [2.75, 3.05) is 13.7 Å². The molecule has 2 aromatic carbocycles. The van der Waals surface area contributed by atoms with Crippen molar-refractivity contribution >= 4 is 0 Å². The van der Waals surface area contributed by atoms with Crippen LogP contribution in [0.15, 0.2) is 42.5 Å². The molecule has 0 saturated carbocycles. The Labute approximate surface area is 126 Å². The fourth-order valence-corrected chi connectivity index (χ4v) is 2.41. The molecule has 0 aromatic heterocycles. The van der Waals surface area contributed by atoms with Gasteiger partial charge in [0.1, 0.15) is 0 Å². The summed E-state index contributed by atoms with van der Waals surface area (Å²) >= 11 is 0. The minimum Gasteiger partial charge on any atom is -0.494 e. The number of nitrogens with one attached hydrogen (secondary N) is 1. The van der Waals surface area contributed by atoms with Gasteiger partial charge in [0.15, 0.2) is 11.6 Å². The van der Waals surface area contributed by atoms with Gasteiger partial charge in [0.25, 0.3) is 0 Å². The lowest BCUT2D eigenvalue weighted by Crippen LogP contribution is -2.23. The van der Waals surface area contributed by atoms with Gasteiger partial charge in [-0.05, 0) is 43.1 Å². The third kappa shape index (κ3) is 4.05. The third-order valence-corrected chi connectivity index (χ3v) is 3.59. The van der Waals surface area contributed by atoms with Crippen LogP contribution in [0.1, 0.15) is 29.7 Å². The third-order valence-electron chi connectivity index (χ3n) is 3.59. The lowest BCUT2D eigenvalue weighted by Gasteiger charge is -2.19. The summed E-state index contributed by atoms with van der Waals surface area (Å²) in [6, 6.07) is 13.7. The number of ether oxygens (including phenoxy) is 1. The van der Waals surface area contributed by atoms with Crippen molar-refractivity contribution in [3.8, 4) is 5.75 Å². The zero-order valence-corrected chi connectivity index (χ0v) is 12.8. The van der Waals surface area contributed by atoms with Crippen LogP contribution in [0.4, 0.5) is 4.39 Å². The van der Waals surface area contributed by atoms with Gasteiger partial charge in [-0.25, -0.2) is 4.39 Å². The van der Waals surface area contributed by atoms with Crippen molar-refractivity contribution in [1.82, 2.24) is 5.32 Å². The van der Waals surface area contributed by atoms with E-state index in [0.29, 0.717) is 0 Å².